The standard InChI is InChI=1S/C5H6N2O4/c1-3(8)5(10)6-2-4(9)7-11/h2H2,1H3,(H,6,10). The maximum absolute atomic E-state index is 10.4. The molecule has 6 nitrogen and oxygen atoms in total. The van der Waals surface area contributed by atoms with E-state index in [1.165, 1.54) is 0 Å². The van der Waals surface area contributed by atoms with Crippen LogP contribution in [0.2, 0.25) is 0 Å². The van der Waals surface area contributed by atoms with Crippen molar-refractivity contribution in [3.05, 3.63) is 4.91 Å². The highest BCUT2D eigenvalue weighted by Gasteiger charge is 2.08. The fourth-order valence-corrected chi connectivity index (χ4v) is 0.313. The molecule has 0 aromatic carbocycles. The zero-order valence-corrected chi connectivity index (χ0v) is 5.79. The summed E-state index contributed by atoms with van der Waals surface area (Å²) in [4.78, 5) is 40.2. The van der Waals surface area contributed by atoms with Crippen molar-refractivity contribution >= 4 is 17.6 Å². The molecule has 1 N–H and O–H groups in total. The summed E-state index contributed by atoms with van der Waals surface area (Å²) in [5, 5.41) is 3.91. The molecule has 11 heavy (non-hydrogen) atoms. The van der Waals surface area contributed by atoms with Crippen molar-refractivity contribution in [2.45, 2.75) is 6.92 Å². The molecule has 0 fully saturated rings. The molecule has 2 amide bonds. The van der Waals surface area contributed by atoms with Crippen LogP contribution in [-0.2, 0) is 14.4 Å². The minimum atomic E-state index is -1.01. The van der Waals surface area contributed by atoms with Gasteiger partial charge in [0, 0.05) is 12.1 Å². The van der Waals surface area contributed by atoms with E-state index >= 15 is 0 Å². The average molecular weight is 158 g/mol. The third-order valence-electron chi connectivity index (χ3n) is 0.822. The summed E-state index contributed by atoms with van der Waals surface area (Å²) in [6.45, 7) is 0.524. The molecule has 0 atom stereocenters. The van der Waals surface area contributed by atoms with Crippen LogP contribution in [0.5, 0.6) is 0 Å². The first kappa shape index (κ1) is 9.41. The Morgan fingerprint density at radius 2 is 1.91 bits per heavy atom. The molecule has 0 bridgehead atoms. The Labute approximate surface area is 61.9 Å². The number of carbonyl (C=O) groups excluding carboxylic acids is 3. The monoisotopic (exact) mass is 158 g/mol. The first-order valence-corrected chi connectivity index (χ1v) is 2.73. The molecule has 60 valence electrons. The summed E-state index contributed by atoms with van der Waals surface area (Å²) < 4.78 is 0. The molecule has 0 saturated carbocycles. The van der Waals surface area contributed by atoms with Crippen LogP contribution < -0.4 is 5.32 Å². The van der Waals surface area contributed by atoms with E-state index in [1.54, 1.807) is 0 Å². The van der Waals surface area contributed by atoms with Crippen LogP contribution in [0, 0.1) is 4.91 Å². The van der Waals surface area contributed by atoms with Gasteiger partial charge in [-0.3, -0.25) is 14.4 Å². The quantitative estimate of drug-likeness (QED) is 0.420. The van der Waals surface area contributed by atoms with E-state index in [0.29, 0.717) is 0 Å². The van der Waals surface area contributed by atoms with E-state index in [4.69, 9.17) is 0 Å². The van der Waals surface area contributed by atoms with Crippen molar-refractivity contribution < 1.29 is 14.4 Å². The zero-order chi connectivity index (χ0) is 8.85. The van der Waals surface area contributed by atoms with Gasteiger partial charge in [-0.25, -0.2) is 0 Å². The van der Waals surface area contributed by atoms with Crippen molar-refractivity contribution in [1.29, 1.82) is 0 Å². The van der Waals surface area contributed by atoms with Gasteiger partial charge in [-0.05, 0) is 0 Å². The van der Waals surface area contributed by atoms with Gasteiger partial charge in [0.15, 0.2) is 0 Å². The van der Waals surface area contributed by atoms with Crippen LogP contribution in [0.4, 0.5) is 0 Å². The van der Waals surface area contributed by atoms with Gasteiger partial charge < -0.3 is 5.32 Å². The van der Waals surface area contributed by atoms with Gasteiger partial charge in [-0.1, -0.05) is 0 Å². The minimum absolute atomic E-state index is 0.526. The van der Waals surface area contributed by atoms with Gasteiger partial charge in [0.05, 0.1) is 0 Å². The minimum Gasteiger partial charge on any atom is -0.340 e. The van der Waals surface area contributed by atoms with E-state index < -0.39 is 24.1 Å². The number of hydrogen-bond acceptors (Lipinski definition) is 4. The highest BCUT2D eigenvalue weighted by Crippen LogP contribution is 1.72. The molecular weight excluding hydrogens is 152 g/mol. The lowest BCUT2D eigenvalue weighted by molar-refractivity contribution is -0.137. The molecule has 0 aliphatic carbocycles. The second-order valence-corrected chi connectivity index (χ2v) is 1.72. The lowest BCUT2D eigenvalue weighted by Gasteiger charge is -1.94. The van der Waals surface area contributed by atoms with Crippen molar-refractivity contribution in [1.82, 2.24) is 5.32 Å². The Morgan fingerprint density at radius 1 is 1.36 bits per heavy atom. The molecular formula is C5H6N2O4. The van der Waals surface area contributed by atoms with Gasteiger partial charge in [-0.2, -0.15) is 0 Å². The Morgan fingerprint density at radius 3 is 2.27 bits per heavy atom. The van der Waals surface area contributed by atoms with Gasteiger partial charge in [0.2, 0.25) is 5.78 Å². The summed E-state index contributed by atoms with van der Waals surface area (Å²) in [6, 6.07) is 0. The summed E-state index contributed by atoms with van der Waals surface area (Å²) in [7, 11) is 0. The van der Waals surface area contributed by atoms with Crippen molar-refractivity contribution in [2.75, 3.05) is 6.54 Å². The topological polar surface area (TPSA) is 92.7 Å². The summed E-state index contributed by atoms with van der Waals surface area (Å²) in [5.74, 6) is -2.63. The normalized spacial score (nSPS) is 8.45. The number of nitrogens with zero attached hydrogens (tertiary/aromatic N) is 1. The highest BCUT2D eigenvalue weighted by atomic mass is 16.3. The van der Waals surface area contributed by atoms with Crippen molar-refractivity contribution in [3.8, 4) is 0 Å². The second kappa shape index (κ2) is 4.26. The summed E-state index contributed by atoms with van der Waals surface area (Å²) in [6.07, 6.45) is 0. The first-order valence-electron chi connectivity index (χ1n) is 2.73. The average Bonchev–Trinajstić information content (AvgIpc) is 1.99. The number of amides is 2. The molecule has 0 saturated heterocycles. The fraction of sp³-hybridized carbons (Fsp3) is 0.400. The Balaban J connectivity index is 3.71. The van der Waals surface area contributed by atoms with Gasteiger partial charge in [0.1, 0.15) is 6.54 Å². The second-order valence-electron chi connectivity index (χ2n) is 1.72. The fourth-order valence-electron chi connectivity index (χ4n) is 0.313. The summed E-state index contributed by atoms with van der Waals surface area (Å²) >= 11 is 0. The molecule has 6 heteroatoms. The number of nitrogens with one attached hydrogen (secondary N) is 1. The molecule has 0 aromatic rings. The lowest BCUT2D eigenvalue weighted by Crippen LogP contribution is -2.32. The van der Waals surface area contributed by atoms with Crippen molar-refractivity contribution in [2.24, 2.45) is 5.18 Å². The number of Topliss-reactive ketones (excluding diaryl/α,β-unsaturated/α-hetero) is 1. The third-order valence-corrected chi connectivity index (χ3v) is 0.822. The maximum Gasteiger partial charge on any atom is 0.305 e. The predicted octanol–water partition coefficient (Wildman–Crippen LogP) is -1.02. The number of ketones is 1. The Kier molecular flexibility index (Phi) is 3.65. The van der Waals surface area contributed by atoms with Crippen LogP contribution in [0.15, 0.2) is 5.18 Å². The predicted molar refractivity (Wildman–Crippen MR) is 34.5 cm³/mol. The number of hydrogen-bond donors (Lipinski definition) is 1. The number of nitroso groups, excluding NO2 is 1. The van der Waals surface area contributed by atoms with Crippen LogP contribution in [0.3, 0.4) is 0 Å². The largest absolute Gasteiger partial charge is 0.340 e. The van der Waals surface area contributed by atoms with Crippen LogP contribution in [0.25, 0.3) is 0 Å². The van der Waals surface area contributed by atoms with E-state index in [0.717, 1.165) is 6.92 Å². The Hall–Kier alpha value is -1.59. The molecule has 0 rings (SSSR count). The van der Waals surface area contributed by atoms with Crippen LogP contribution >= 0.6 is 0 Å². The van der Waals surface area contributed by atoms with E-state index in [-0.39, 0.29) is 0 Å². The van der Waals surface area contributed by atoms with Crippen LogP contribution in [-0.4, -0.2) is 24.1 Å². The molecule has 0 unspecified atom stereocenters. The molecule has 0 aliphatic rings. The third kappa shape index (κ3) is 3.90. The molecule has 0 radical (unpaired) electrons. The maximum atomic E-state index is 10.4. The smallest absolute Gasteiger partial charge is 0.305 e. The molecule has 0 aromatic heterocycles. The van der Waals surface area contributed by atoms with Gasteiger partial charge >= 0.3 is 5.91 Å². The van der Waals surface area contributed by atoms with Gasteiger partial charge in [0.25, 0.3) is 5.91 Å². The SMILES string of the molecule is CC(=O)C(=O)NCC(=O)N=O. The highest BCUT2D eigenvalue weighted by molar-refractivity contribution is 6.35. The molecule has 0 aliphatic heterocycles. The van der Waals surface area contributed by atoms with E-state index in [2.05, 4.69) is 0 Å². The number of carbonyl (C=O) groups is 3. The Bertz CT molecular complexity index is 211. The van der Waals surface area contributed by atoms with E-state index in [1.807, 2.05) is 10.5 Å². The zero-order valence-electron chi connectivity index (χ0n) is 5.79. The molecule has 0 heterocycles. The molecule has 0 spiro atoms. The van der Waals surface area contributed by atoms with Crippen LogP contribution in [0.1, 0.15) is 6.92 Å². The van der Waals surface area contributed by atoms with Crippen molar-refractivity contribution in [3.63, 3.8) is 0 Å². The lowest BCUT2D eigenvalue weighted by atomic mass is 10.4. The first-order chi connectivity index (χ1) is 5.07. The van der Waals surface area contributed by atoms with Gasteiger partial charge in [-0.15, -0.1) is 4.91 Å². The number of rotatable bonds is 3. The summed E-state index contributed by atoms with van der Waals surface area (Å²) in [5.41, 5.74) is 0. The van der Waals surface area contributed by atoms with E-state index in [9.17, 15) is 19.3 Å².